The molecular formula is C12H21N3O. The summed E-state index contributed by atoms with van der Waals surface area (Å²) in [6.45, 7) is 3.32. The highest BCUT2D eigenvalue weighted by Crippen LogP contribution is 2.01. The van der Waals surface area contributed by atoms with E-state index < -0.39 is 0 Å². The van der Waals surface area contributed by atoms with Crippen molar-refractivity contribution in [3.63, 3.8) is 0 Å². The third-order valence-corrected chi connectivity index (χ3v) is 2.56. The van der Waals surface area contributed by atoms with E-state index in [1.165, 1.54) is 5.69 Å². The van der Waals surface area contributed by atoms with Crippen molar-refractivity contribution in [2.75, 3.05) is 13.1 Å². The van der Waals surface area contributed by atoms with Crippen LogP contribution in [0.2, 0.25) is 0 Å². The Kier molecular flexibility index (Phi) is 5.64. The zero-order chi connectivity index (χ0) is 11.8. The van der Waals surface area contributed by atoms with E-state index in [0.717, 1.165) is 12.8 Å². The lowest BCUT2D eigenvalue weighted by atomic mass is 10.1. The summed E-state index contributed by atoms with van der Waals surface area (Å²) in [5.74, 6) is 0.471. The molecule has 0 bridgehead atoms. The van der Waals surface area contributed by atoms with E-state index >= 15 is 0 Å². The Morgan fingerprint density at radius 3 is 3.06 bits per heavy atom. The van der Waals surface area contributed by atoms with Crippen LogP contribution in [-0.2, 0) is 11.2 Å². The summed E-state index contributed by atoms with van der Waals surface area (Å²) in [6.07, 6.45) is 4.28. The summed E-state index contributed by atoms with van der Waals surface area (Å²) < 4.78 is 0. The summed E-state index contributed by atoms with van der Waals surface area (Å²) in [7, 11) is 0. The minimum atomic E-state index is 0.117. The van der Waals surface area contributed by atoms with Gasteiger partial charge < -0.3 is 16.0 Å². The lowest BCUT2D eigenvalue weighted by Gasteiger charge is -2.09. The van der Waals surface area contributed by atoms with E-state index in [-0.39, 0.29) is 5.91 Å². The Morgan fingerprint density at radius 2 is 2.44 bits per heavy atom. The number of rotatable bonds is 7. The Labute approximate surface area is 96.6 Å². The third kappa shape index (κ3) is 4.98. The van der Waals surface area contributed by atoms with Gasteiger partial charge in [-0.1, -0.05) is 6.92 Å². The molecule has 4 N–H and O–H groups in total. The van der Waals surface area contributed by atoms with Crippen molar-refractivity contribution in [2.45, 2.75) is 26.2 Å². The Morgan fingerprint density at radius 1 is 1.62 bits per heavy atom. The van der Waals surface area contributed by atoms with E-state index in [4.69, 9.17) is 5.73 Å². The average molecular weight is 223 g/mol. The second kappa shape index (κ2) is 7.06. The summed E-state index contributed by atoms with van der Waals surface area (Å²) >= 11 is 0. The van der Waals surface area contributed by atoms with Gasteiger partial charge in [-0.25, -0.2) is 0 Å². The number of aryl methyl sites for hydroxylation is 1. The van der Waals surface area contributed by atoms with Gasteiger partial charge in [0.1, 0.15) is 0 Å². The van der Waals surface area contributed by atoms with E-state index in [9.17, 15) is 4.79 Å². The molecule has 4 heteroatoms. The molecule has 0 radical (unpaired) electrons. The first-order valence-corrected chi connectivity index (χ1v) is 5.81. The molecule has 0 aliphatic carbocycles. The number of hydrogen-bond acceptors (Lipinski definition) is 2. The highest BCUT2D eigenvalue weighted by Gasteiger charge is 2.04. The molecule has 0 saturated heterocycles. The highest BCUT2D eigenvalue weighted by atomic mass is 16.1. The van der Waals surface area contributed by atoms with Crippen LogP contribution in [0, 0.1) is 5.92 Å². The fourth-order valence-corrected chi connectivity index (χ4v) is 1.42. The molecule has 1 heterocycles. The lowest BCUT2D eigenvalue weighted by molar-refractivity contribution is -0.121. The van der Waals surface area contributed by atoms with Gasteiger partial charge in [0.05, 0.1) is 0 Å². The van der Waals surface area contributed by atoms with Crippen LogP contribution < -0.4 is 11.1 Å². The molecule has 0 aliphatic rings. The molecule has 0 fully saturated rings. The van der Waals surface area contributed by atoms with Gasteiger partial charge in [-0.05, 0) is 37.4 Å². The second-order valence-electron chi connectivity index (χ2n) is 4.19. The van der Waals surface area contributed by atoms with Crippen LogP contribution in [0.15, 0.2) is 18.3 Å². The van der Waals surface area contributed by atoms with Gasteiger partial charge in [0.25, 0.3) is 0 Å². The van der Waals surface area contributed by atoms with Gasteiger partial charge >= 0.3 is 0 Å². The van der Waals surface area contributed by atoms with Crippen LogP contribution in [-0.4, -0.2) is 24.0 Å². The fraction of sp³-hybridized carbons (Fsp3) is 0.583. The quantitative estimate of drug-likeness (QED) is 0.646. The zero-order valence-electron chi connectivity index (χ0n) is 9.83. The highest BCUT2D eigenvalue weighted by molar-refractivity contribution is 5.75. The minimum absolute atomic E-state index is 0.117. The molecule has 1 atom stereocenters. The van der Waals surface area contributed by atoms with Crippen LogP contribution in [0.3, 0.4) is 0 Å². The maximum Gasteiger partial charge on any atom is 0.220 e. The summed E-state index contributed by atoms with van der Waals surface area (Å²) in [5.41, 5.74) is 6.65. The van der Waals surface area contributed by atoms with Crippen LogP contribution in [0.1, 0.15) is 25.5 Å². The first-order chi connectivity index (χ1) is 7.72. The van der Waals surface area contributed by atoms with Gasteiger partial charge in [-0.3, -0.25) is 4.79 Å². The second-order valence-corrected chi connectivity index (χ2v) is 4.19. The van der Waals surface area contributed by atoms with Gasteiger partial charge in [0.15, 0.2) is 0 Å². The molecule has 1 amide bonds. The molecular weight excluding hydrogens is 202 g/mol. The van der Waals surface area contributed by atoms with Crippen LogP contribution in [0.25, 0.3) is 0 Å². The van der Waals surface area contributed by atoms with Crippen LogP contribution >= 0.6 is 0 Å². The number of H-pyrrole nitrogens is 1. The van der Waals surface area contributed by atoms with E-state index in [0.29, 0.717) is 25.4 Å². The number of amides is 1. The first kappa shape index (κ1) is 12.8. The zero-order valence-corrected chi connectivity index (χ0v) is 9.83. The smallest absolute Gasteiger partial charge is 0.220 e. The average Bonchev–Trinajstić information content (AvgIpc) is 2.79. The number of nitrogens with two attached hydrogens (primary N) is 1. The molecule has 0 aromatic carbocycles. The Balaban J connectivity index is 2.06. The molecule has 16 heavy (non-hydrogen) atoms. The van der Waals surface area contributed by atoms with Gasteiger partial charge in [0, 0.05) is 24.9 Å². The van der Waals surface area contributed by atoms with Crippen LogP contribution in [0.4, 0.5) is 0 Å². The standard InChI is InChI=1S/C12H21N3O/c1-10(8-13)9-15-12(16)6-2-4-11-5-3-7-14-11/h3,5,7,10,14H,2,4,6,8-9,13H2,1H3,(H,15,16). The molecule has 1 rings (SSSR count). The number of nitrogens with one attached hydrogen (secondary N) is 2. The number of aromatic amines is 1. The van der Waals surface area contributed by atoms with Gasteiger partial charge in [0.2, 0.25) is 5.91 Å². The SMILES string of the molecule is CC(CN)CNC(=O)CCCc1ccc[nH]1. The Hall–Kier alpha value is -1.29. The van der Waals surface area contributed by atoms with Crippen molar-refractivity contribution in [2.24, 2.45) is 11.7 Å². The predicted molar refractivity (Wildman–Crippen MR) is 65.0 cm³/mol. The summed E-state index contributed by atoms with van der Waals surface area (Å²) in [4.78, 5) is 14.6. The van der Waals surface area contributed by atoms with E-state index in [1.807, 2.05) is 25.3 Å². The maximum absolute atomic E-state index is 11.4. The molecule has 4 nitrogen and oxygen atoms in total. The topological polar surface area (TPSA) is 70.9 Å². The molecule has 1 aromatic heterocycles. The van der Waals surface area contributed by atoms with Gasteiger partial charge in [-0.2, -0.15) is 0 Å². The van der Waals surface area contributed by atoms with E-state index in [1.54, 1.807) is 0 Å². The van der Waals surface area contributed by atoms with E-state index in [2.05, 4.69) is 10.3 Å². The first-order valence-electron chi connectivity index (χ1n) is 5.81. The minimum Gasteiger partial charge on any atom is -0.365 e. The van der Waals surface area contributed by atoms with Crippen LogP contribution in [0.5, 0.6) is 0 Å². The molecule has 1 aromatic rings. The lowest BCUT2D eigenvalue weighted by Crippen LogP contribution is -2.31. The monoisotopic (exact) mass is 223 g/mol. The number of carbonyl (C=O) groups excluding carboxylic acids is 1. The van der Waals surface area contributed by atoms with Crippen molar-refractivity contribution in [3.8, 4) is 0 Å². The number of aromatic nitrogens is 1. The molecule has 1 unspecified atom stereocenters. The van der Waals surface area contributed by atoms with Crippen molar-refractivity contribution in [3.05, 3.63) is 24.0 Å². The number of hydrogen-bond donors (Lipinski definition) is 3. The van der Waals surface area contributed by atoms with Crippen molar-refractivity contribution in [1.29, 1.82) is 0 Å². The molecule has 90 valence electrons. The van der Waals surface area contributed by atoms with Crippen molar-refractivity contribution < 1.29 is 4.79 Å². The Bertz CT molecular complexity index is 295. The van der Waals surface area contributed by atoms with Gasteiger partial charge in [-0.15, -0.1) is 0 Å². The normalized spacial score (nSPS) is 12.4. The molecule has 0 spiro atoms. The molecule has 0 saturated carbocycles. The maximum atomic E-state index is 11.4. The van der Waals surface area contributed by atoms with Crippen molar-refractivity contribution >= 4 is 5.91 Å². The fourth-order valence-electron chi connectivity index (χ4n) is 1.42. The molecule has 0 aliphatic heterocycles. The summed E-state index contributed by atoms with van der Waals surface area (Å²) in [5, 5.41) is 2.88. The van der Waals surface area contributed by atoms with Crippen molar-refractivity contribution in [1.82, 2.24) is 10.3 Å². The summed E-state index contributed by atoms with van der Waals surface area (Å²) in [6, 6.07) is 4.01. The largest absolute Gasteiger partial charge is 0.365 e. The number of carbonyl (C=O) groups is 1. The predicted octanol–water partition coefficient (Wildman–Crippen LogP) is 1.05. The third-order valence-electron chi connectivity index (χ3n) is 2.56.